The number of likely N-dealkylation sites (tertiary alicyclic amines) is 1. The zero-order valence-corrected chi connectivity index (χ0v) is 15.5. The van der Waals surface area contributed by atoms with Crippen LogP contribution in [0.15, 0.2) is 18.2 Å². The number of hydrogen-bond acceptors (Lipinski definition) is 4. The fraction of sp³-hybridized carbons (Fsp3) is 0.650. The molecule has 0 aromatic heterocycles. The molecular formula is C20H29FN2O3. The Morgan fingerprint density at radius 1 is 1.23 bits per heavy atom. The van der Waals surface area contributed by atoms with Crippen molar-refractivity contribution in [2.75, 3.05) is 33.4 Å². The number of carbonyl (C=O) groups is 1. The topological polar surface area (TPSA) is 50.8 Å². The van der Waals surface area contributed by atoms with Gasteiger partial charge >= 0.3 is 0 Å². The second kappa shape index (κ2) is 9.21. The third-order valence-electron chi connectivity index (χ3n) is 5.42. The van der Waals surface area contributed by atoms with Crippen LogP contribution in [0.2, 0.25) is 0 Å². The highest BCUT2D eigenvalue weighted by Crippen LogP contribution is 2.30. The Morgan fingerprint density at radius 2 is 1.96 bits per heavy atom. The second-order valence-corrected chi connectivity index (χ2v) is 7.10. The molecule has 144 valence electrons. The molecule has 0 radical (unpaired) electrons. The number of carbonyl (C=O) groups excluding carboxylic acids is 1. The SMILES string of the molecule is COc1ccc(OC2CCN(C3CCCC3)CC2)c(C(=O)NCCF)c1. The summed E-state index contributed by atoms with van der Waals surface area (Å²) in [6, 6.07) is 5.96. The highest BCUT2D eigenvalue weighted by atomic mass is 19.1. The summed E-state index contributed by atoms with van der Waals surface area (Å²) >= 11 is 0. The van der Waals surface area contributed by atoms with Crippen molar-refractivity contribution in [1.82, 2.24) is 10.2 Å². The van der Waals surface area contributed by atoms with Gasteiger partial charge in [-0.15, -0.1) is 0 Å². The van der Waals surface area contributed by atoms with Crippen molar-refractivity contribution in [2.45, 2.75) is 50.7 Å². The molecule has 0 bridgehead atoms. The molecule has 0 spiro atoms. The largest absolute Gasteiger partial charge is 0.497 e. The summed E-state index contributed by atoms with van der Waals surface area (Å²) < 4.78 is 23.7. The molecule has 0 atom stereocenters. The van der Waals surface area contributed by atoms with E-state index in [9.17, 15) is 9.18 Å². The Labute approximate surface area is 154 Å². The van der Waals surface area contributed by atoms with E-state index in [1.54, 1.807) is 25.3 Å². The van der Waals surface area contributed by atoms with Crippen molar-refractivity contribution < 1.29 is 18.7 Å². The van der Waals surface area contributed by atoms with Crippen LogP contribution in [0.25, 0.3) is 0 Å². The maximum atomic E-state index is 12.4. The van der Waals surface area contributed by atoms with Crippen molar-refractivity contribution in [3.05, 3.63) is 23.8 Å². The summed E-state index contributed by atoms with van der Waals surface area (Å²) in [5.41, 5.74) is 0.399. The second-order valence-electron chi connectivity index (χ2n) is 7.10. The van der Waals surface area contributed by atoms with E-state index in [-0.39, 0.29) is 18.6 Å². The number of piperidine rings is 1. The third-order valence-corrected chi connectivity index (χ3v) is 5.42. The van der Waals surface area contributed by atoms with Crippen LogP contribution in [0.1, 0.15) is 48.9 Å². The van der Waals surface area contributed by atoms with Gasteiger partial charge in [-0.1, -0.05) is 12.8 Å². The van der Waals surface area contributed by atoms with Gasteiger partial charge in [0.15, 0.2) is 0 Å². The number of nitrogens with one attached hydrogen (secondary N) is 1. The van der Waals surface area contributed by atoms with Gasteiger partial charge in [0.05, 0.1) is 12.7 Å². The molecule has 1 amide bonds. The average molecular weight is 364 g/mol. The highest BCUT2D eigenvalue weighted by molar-refractivity contribution is 5.97. The summed E-state index contributed by atoms with van der Waals surface area (Å²) in [5.74, 6) is 0.792. The summed E-state index contributed by atoms with van der Waals surface area (Å²) in [6.07, 6.45) is 7.39. The van der Waals surface area contributed by atoms with Crippen LogP contribution in [-0.2, 0) is 0 Å². The average Bonchev–Trinajstić information content (AvgIpc) is 3.22. The zero-order valence-electron chi connectivity index (χ0n) is 15.5. The van der Waals surface area contributed by atoms with Gasteiger partial charge in [0.1, 0.15) is 24.3 Å². The summed E-state index contributed by atoms with van der Waals surface area (Å²) in [7, 11) is 1.55. The van der Waals surface area contributed by atoms with Gasteiger partial charge in [-0.05, 0) is 43.9 Å². The molecule has 2 aliphatic rings. The highest BCUT2D eigenvalue weighted by Gasteiger charge is 2.28. The van der Waals surface area contributed by atoms with E-state index in [1.165, 1.54) is 25.7 Å². The lowest BCUT2D eigenvalue weighted by Crippen LogP contribution is -2.43. The first-order chi connectivity index (χ1) is 12.7. The van der Waals surface area contributed by atoms with Crippen molar-refractivity contribution in [2.24, 2.45) is 0 Å². The van der Waals surface area contributed by atoms with Crippen molar-refractivity contribution >= 4 is 5.91 Å². The number of rotatable bonds is 7. The van der Waals surface area contributed by atoms with Crippen LogP contribution in [0.4, 0.5) is 4.39 Å². The minimum Gasteiger partial charge on any atom is -0.497 e. The molecule has 1 aromatic carbocycles. The van der Waals surface area contributed by atoms with Crippen LogP contribution >= 0.6 is 0 Å². The minimum atomic E-state index is -0.592. The maximum absolute atomic E-state index is 12.4. The molecule has 2 fully saturated rings. The molecule has 26 heavy (non-hydrogen) atoms. The molecule has 1 aliphatic heterocycles. The van der Waals surface area contributed by atoms with Crippen LogP contribution in [-0.4, -0.2) is 56.4 Å². The van der Waals surface area contributed by atoms with Gasteiger partial charge in [-0.3, -0.25) is 4.79 Å². The van der Waals surface area contributed by atoms with Crippen molar-refractivity contribution in [3.63, 3.8) is 0 Å². The van der Waals surface area contributed by atoms with E-state index < -0.39 is 6.67 Å². The van der Waals surface area contributed by atoms with Crippen LogP contribution in [0.5, 0.6) is 11.5 Å². The molecule has 1 saturated heterocycles. The summed E-state index contributed by atoms with van der Waals surface area (Å²) in [4.78, 5) is 14.9. The number of hydrogen-bond donors (Lipinski definition) is 1. The lowest BCUT2D eigenvalue weighted by Gasteiger charge is -2.36. The Morgan fingerprint density at radius 3 is 2.62 bits per heavy atom. The molecule has 6 heteroatoms. The smallest absolute Gasteiger partial charge is 0.255 e. The standard InChI is InChI=1S/C20H29FN2O3/c1-25-17-6-7-19(18(14-17)20(24)22-11-10-21)26-16-8-12-23(13-9-16)15-4-2-3-5-15/h6-7,14-16H,2-5,8-13H2,1H3,(H,22,24). The van der Waals surface area contributed by atoms with Crippen LogP contribution in [0, 0.1) is 0 Å². The van der Waals surface area contributed by atoms with E-state index in [0.29, 0.717) is 17.1 Å². The van der Waals surface area contributed by atoms with E-state index in [1.807, 2.05) is 0 Å². The first-order valence-electron chi connectivity index (χ1n) is 9.64. The molecule has 5 nitrogen and oxygen atoms in total. The fourth-order valence-electron chi connectivity index (χ4n) is 3.98. The van der Waals surface area contributed by atoms with Gasteiger partial charge in [-0.2, -0.15) is 0 Å². The molecule has 3 rings (SSSR count). The van der Waals surface area contributed by atoms with E-state index >= 15 is 0 Å². The number of amides is 1. The molecule has 1 N–H and O–H groups in total. The normalized spacial score (nSPS) is 19.5. The van der Waals surface area contributed by atoms with Gasteiger partial charge in [0.2, 0.25) is 0 Å². The fourth-order valence-corrected chi connectivity index (χ4v) is 3.98. The number of ether oxygens (including phenoxy) is 2. The first-order valence-corrected chi connectivity index (χ1v) is 9.64. The molecule has 1 aliphatic carbocycles. The number of nitrogens with zero attached hydrogens (tertiary/aromatic N) is 1. The minimum absolute atomic E-state index is 0.00470. The lowest BCUT2D eigenvalue weighted by atomic mass is 10.0. The third kappa shape index (κ3) is 4.67. The van der Waals surface area contributed by atoms with Crippen molar-refractivity contribution in [3.8, 4) is 11.5 Å². The predicted octanol–water partition coefficient (Wildman–Crippen LogP) is 3.18. The van der Waals surface area contributed by atoms with E-state index in [0.717, 1.165) is 32.0 Å². The predicted molar refractivity (Wildman–Crippen MR) is 98.8 cm³/mol. The summed E-state index contributed by atoms with van der Waals surface area (Å²) in [5, 5.41) is 2.56. The Bertz CT molecular complexity index is 597. The Balaban J connectivity index is 1.62. The van der Waals surface area contributed by atoms with E-state index in [2.05, 4.69) is 10.2 Å². The monoisotopic (exact) mass is 364 g/mol. The Kier molecular flexibility index (Phi) is 6.72. The molecule has 1 heterocycles. The number of halogens is 1. The number of benzene rings is 1. The van der Waals surface area contributed by atoms with E-state index in [4.69, 9.17) is 9.47 Å². The lowest BCUT2D eigenvalue weighted by molar-refractivity contribution is 0.0749. The van der Waals surface area contributed by atoms with Gasteiger partial charge in [-0.25, -0.2) is 4.39 Å². The quantitative estimate of drug-likeness (QED) is 0.807. The van der Waals surface area contributed by atoms with Crippen molar-refractivity contribution in [1.29, 1.82) is 0 Å². The maximum Gasteiger partial charge on any atom is 0.255 e. The molecule has 1 aromatic rings. The Hall–Kier alpha value is -1.82. The van der Waals surface area contributed by atoms with Gasteiger partial charge in [0, 0.05) is 25.7 Å². The molecule has 0 unspecified atom stereocenters. The van der Waals surface area contributed by atoms with Gasteiger partial charge in [0.25, 0.3) is 5.91 Å². The summed E-state index contributed by atoms with van der Waals surface area (Å²) in [6.45, 7) is 1.50. The zero-order chi connectivity index (χ0) is 18.4. The number of alkyl halides is 1. The molecular weight excluding hydrogens is 335 g/mol. The first kappa shape index (κ1) is 19.0. The molecule has 1 saturated carbocycles. The van der Waals surface area contributed by atoms with Crippen LogP contribution < -0.4 is 14.8 Å². The van der Waals surface area contributed by atoms with Gasteiger partial charge < -0.3 is 19.7 Å². The number of methoxy groups -OCH3 is 1. The van der Waals surface area contributed by atoms with Crippen LogP contribution in [0.3, 0.4) is 0 Å².